The molecule has 4 heteroatoms. The van der Waals surface area contributed by atoms with Gasteiger partial charge in [0, 0.05) is 20.2 Å². The van der Waals surface area contributed by atoms with Gasteiger partial charge < -0.3 is 15.4 Å². The highest BCUT2D eigenvalue weighted by molar-refractivity contribution is 5.49. The molecular weight excluding hydrogens is 219 g/mol. The second-order valence-electron chi connectivity index (χ2n) is 4.53. The van der Waals surface area contributed by atoms with Gasteiger partial charge in [0.15, 0.2) is 0 Å². The van der Waals surface area contributed by atoms with Crippen molar-refractivity contribution < 1.29 is 9.13 Å². The zero-order valence-corrected chi connectivity index (χ0v) is 10.3. The molecule has 0 radical (unpaired) electrons. The summed E-state index contributed by atoms with van der Waals surface area (Å²) in [4.78, 5) is 1.97. The Morgan fingerprint density at radius 1 is 1.53 bits per heavy atom. The van der Waals surface area contributed by atoms with Gasteiger partial charge in [-0.2, -0.15) is 0 Å². The number of likely N-dealkylation sites (N-methyl/N-ethyl adjacent to an activating group) is 1. The summed E-state index contributed by atoms with van der Waals surface area (Å²) in [7, 11) is 1.91. The Labute approximate surface area is 101 Å². The summed E-state index contributed by atoms with van der Waals surface area (Å²) < 4.78 is 19.4. The molecule has 1 heterocycles. The fourth-order valence-corrected chi connectivity index (χ4v) is 2.37. The minimum absolute atomic E-state index is 0.147. The fraction of sp³-hybridized carbons (Fsp3) is 0.538. The van der Waals surface area contributed by atoms with E-state index in [0.717, 1.165) is 18.6 Å². The Kier molecular flexibility index (Phi) is 3.64. The first-order valence-electron chi connectivity index (χ1n) is 5.96. The molecule has 1 fully saturated rings. The van der Waals surface area contributed by atoms with Crippen molar-refractivity contribution in [1.82, 2.24) is 0 Å². The average Bonchev–Trinajstić information content (AvgIpc) is 2.74. The molecule has 0 saturated carbocycles. The SMILES string of the molecule is CC1OCCC1N(C)c1ccc(CN)cc1F. The lowest BCUT2D eigenvalue weighted by Gasteiger charge is -2.29. The van der Waals surface area contributed by atoms with E-state index in [1.165, 1.54) is 6.07 Å². The molecular formula is C13H19FN2O. The van der Waals surface area contributed by atoms with Gasteiger partial charge in [0.1, 0.15) is 5.82 Å². The van der Waals surface area contributed by atoms with Crippen molar-refractivity contribution in [1.29, 1.82) is 0 Å². The first-order chi connectivity index (χ1) is 8.13. The van der Waals surface area contributed by atoms with E-state index in [-0.39, 0.29) is 18.0 Å². The summed E-state index contributed by atoms with van der Waals surface area (Å²) in [6, 6.07) is 5.41. The van der Waals surface area contributed by atoms with Crippen molar-refractivity contribution in [3.05, 3.63) is 29.6 Å². The molecule has 2 rings (SSSR count). The summed E-state index contributed by atoms with van der Waals surface area (Å²) in [6.07, 6.45) is 1.09. The Bertz CT molecular complexity index is 397. The lowest BCUT2D eigenvalue weighted by Crippen LogP contribution is -2.37. The quantitative estimate of drug-likeness (QED) is 0.874. The van der Waals surface area contributed by atoms with Crippen LogP contribution in [0.3, 0.4) is 0 Å². The molecule has 17 heavy (non-hydrogen) atoms. The van der Waals surface area contributed by atoms with Crippen molar-refractivity contribution in [2.75, 3.05) is 18.6 Å². The monoisotopic (exact) mass is 238 g/mol. The largest absolute Gasteiger partial charge is 0.376 e. The average molecular weight is 238 g/mol. The van der Waals surface area contributed by atoms with Crippen LogP contribution in [0.1, 0.15) is 18.9 Å². The topological polar surface area (TPSA) is 38.5 Å². The second kappa shape index (κ2) is 5.02. The van der Waals surface area contributed by atoms with Gasteiger partial charge in [0.25, 0.3) is 0 Å². The normalized spacial score (nSPS) is 24.0. The van der Waals surface area contributed by atoms with Gasteiger partial charge in [-0.15, -0.1) is 0 Å². The van der Waals surface area contributed by atoms with Crippen molar-refractivity contribution in [2.45, 2.75) is 32.0 Å². The Morgan fingerprint density at radius 3 is 2.82 bits per heavy atom. The lowest BCUT2D eigenvalue weighted by atomic mass is 10.1. The van der Waals surface area contributed by atoms with E-state index in [9.17, 15) is 4.39 Å². The van der Waals surface area contributed by atoms with Gasteiger partial charge in [-0.05, 0) is 31.0 Å². The molecule has 0 aromatic heterocycles. The lowest BCUT2D eigenvalue weighted by molar-refractivity contribution is 0.118. The molecule has 0 amide bonds. The maximum atomic E-state index is 13.9. The number of anilines is 1. The molecule has 0 bridgehead atoms. The first kappa shape index (κ1) is 12.3. The van der Waals surface area contributed by atoms with Crippen LogP contribution in [0.2, 0.25) is 0 Å². The molecule has 1 saturated heterocycles. The number of hydrogen-bond donors (Lipinski definition) is 1. The van der Waals surface area contributed by atoms with Crippen LogP contribution >= 0.6 is 0 Å². The number of ether oxygens (including phenoxy) is 1. The van der Waals surface area contributed by atoms with E-state index in [1.54, 1.807) is 6.07 Å². The number of nitrogens with zero attached hydrogens (tertiary/aromatic N) is 1. The number of halogens is 1. The standard InChI is InChI=1S/C13H19FN2O/c1-9-12(5-6-17-9)16(2)13-4-3-10(8-15)7-11(13)14/h3-4,7,9,12H,5-6,8,15H2,1-2H3. The predicted octanol–water partition coefficient (Wildman–Crippen LogP) is 1.90. The Hall–Kier alpha value is -1.13. The van der Waals surface area contributed by atoms with Crippen LogP contribution in [-0.2, 0) is 11.3 Å². The van der Waals surface area contributed by atoms with Crippen molar-refractivity contribution in [3.8, 4) is 0 Å². The fourth-order valence-electron chi connectivity index (χ4n) is 2.37. The predicted molar refractivity (Wildman–Crippen MR) is 66.5 cm³/mol. The summed E-state index contributed by atoms with van der Waals surface area (Å²) in [5.74, 6) is -0.213. The van der Waals surface area contributed by atoms with Crippen LogP contribution in [0.25, 0.3) is 0 Å². The van der Waals surface area contributed by atoms with Crippen molar-refractivity contribution >= 4 is 5.69 Å². The molecule has 2 unspecified atom stereocenters. The number of nitrogens with two attached hydrogens (primary N) is 1. The van der Waals surface area contributed by atoms with Gasteiger partial charge in [0.2, 0.25) is 0 Å². The summed E-state index contributed by atoms with van der Waals surface area (Å²) in [5.41, 5.74) is 6.92. The summed E-state index contributed by atoms with van der Waals surface area (Å²) in [6.45, 7) is 3.14. The molecule has 0 aliphatic carbocycles. The van der Waals surface area contributed by atoms with Crippen LogP contribution in [-0.4, -0.2) is 25.8 Å². The third-order valence-electron chi connectivity index (χ3n) is 3.46. The molecule has 3 nitrogen and oxygen atoms in total. The van der Waals surface area contributed by atoms with E-state index in [1.807, 2.05) is 24.9 Å². The minimum Gasteiger partial charge on any atom is -0.376 e. The summed E-state index contributed by atoms with van der Waals surface area (Å²) >= 11 is 0. The maximum absolute atomic E-state index is 13.9. The zero-order valence-electron chi connectivity index (χ0n) is 10.3. The van der Waals surface area contributed by atoms with E-state index >= 15 is 0 Å². The third-order valence-corrected chi connectivity index (χ3v) is 3.46. The molecule has 1 aliphatic heterocycles. The number of hydrogen-bond acceptors (Lipinski definition) is 3. The minimum atomic E-state index is -0.213. The maximum Gasteiger partial charge on any atom is 0.146 e. The smallest absolute Gasteiger partial charge is 0.146 e. The van der Waals surface area contributed by atoms with E-state index < -0.39 is 0 Å². The molecule has 1 aromatic carbocycles. The Balaban J connectivity index is 2.21. The number of benzene rings is 1. The van der Waals surface area contributed by atoms with Crippen LogP contribution < -0.4 is 10.6 Å². The van der Waals surface area contributed by atoms with Gasteiger partial charge in [-0.3, -0.25) is 0 Å². The summed E-state index contributed by atoms with van der Waals surface area (Å²) in [5, 5.41) is 0. The Morgan fingerprint density at radius 2 is 2.29 bits per heavy atom. The van der Waals surface area contributed by atoms with Gasteiger partial charge >= 0.3 is 0 Å². The van der Waals surface area contributed by atoms with Gasteiger partial charge in [0.05, 0.1) is 17.8 Å². The molecule has 1 aromatic rings. The highest BCUT2D eigenvalue weighted by atomic mass is 19.1. The third kappa shape index (κ3) is 2.42. The van der Waals surface area contributed by atoms with E-state index in [2.05, 4.69) is 0 Å². The molecule has 0 spiro atoms. The molecule has 1 aliphatic rings. The van der Waals surface area contributed by atoms with Crippen LogP contribution in [0.5, 0.6) is 0 Å². The van der Waals surface area contributed by atoms with Crippen LogP contribution in [0, 0.1) is 5.82 Å². The van der Waals surface area contributed by atoms with Crippen molar-refractivity contribution in [3.63, 3.8) is 0 Å². The highest BCUT2D eigenvalue weighted by Gasteiger charge is 2.29. The van der Waals surface area contributed by atoms with Crippen LogP contribution in [0.15, 0.2) is 18.2 Å². The van der Waals surface area contributed by atoms with Crippen LogP contribution in [0.4, 0.5) is 10.1 Å². The van der Waals surface area contributed by atoms with Crippen molar-refractivity contribution in [2.24, 2.45) is 5.73 Å². The first-order valence-corrected chi connectivity index (χ1v) is 5.96. The van der Waals surface area contributed by atoms with Gasteiger partial charge in [-0.1, -0.05) is 6.07 Å². The molecule has 2 atom stereocenters. The number of rotatable bonds is 3. The highest BCUT2D eigenvalue weighted by Crippen LogP contribution is 2.26. The van der Waals surface area contributed by atoms with E-state index in [0.29, 0.717) is 12.2 Å². The van der Waals surface area contributed by atoms with Gasteiger partial charge in [-0.25, -0.2) is 4.39 Å². The molecule has 94 valence electrons. The molecule has 2 N–H and O–H groups in total. The second-order valence-corrected chi connectivity index (χ2v) is 4.53. The zero-order chi connectivity index (χ0) is 12.4. The van der Waals surface area contributed by atoms with E-state index in [4.69, 9.17) is 10.5 Å².